The SMILES string of the molecule is CC[C@@H](C(=O)NC(C)C)N(CCc1ccccc1)C(=O)COc1ccc([N+](=O)[O-])c(OC)c1. The van der Waals surface area contributed by atoms with E-state index in [0.717, 1.165) is 5.56 Å². The molecule has 0 saturated heterocycles. The number of nitro benzene ring substituents is 1. The molecule has 0 aliphatic heterocycles. The molecule has 0 spiro atoms. The first-order chi connectivity index (χ1) is 15.8. The van der Waals surface area contributed by atoms with Crippen LogP contribution in [0.5, 0.6) is 11.5 Å². The van der Waals surface area contributed by atoms with Crippen LogP contribution in [0.1, 0.15) is 32.8 Å². The van der Waals surface area contributed by atoms with E-state index in [0.29, 0.717) is 19.4 Å². The van der Waals surface area contributed by atoms with E-state index in [9.17, 15) is 19.7 Å². The van der Waals surface area contributed by atoms with Gasteiger partial charge in [-0.2, -0.15) is 0 Å². The summed E-state index contributed by atoms with van der Waals surface area (Å²) in [5.41, 5.74) is 0.854. The molecule has 178 valence electrons. The average Bonchev–Trinajstić information content (AvgIpc) is 2.79. The summed E-state index contributed by atoms with van der Waals surface area (Å²) in [5, 5.41) is 13.9. The molecule has 33 heavy (non-hydrogen) atoms. The Hall–Kier alpha value is -3.62. The summed E-state index contributed by atoms with van der Waals surface area (Å²) in [6.07, 6.45) is 1.04. The Morgan fingerprint density at radius 1 is 1.15 bits per heavy atom. The van der Waals surface area contributed by atoms with Crippen molar-refractivity contribution in [3.8, 4) is 11.5 Å². The molecule has 2 amide bonds. The lowest BCUT2D eigenvalue weighted by molar-refractivity contribution is -0.385. The number of benzene rings is 2. The molecule has 0 heterocycles. The fourth-order valence-corrected chi connectivity index (χ4v) is 3.40. The van der Waals surface area contributed by atoms with E-state index < -0.39 is 11.0 Å². The van der Waals surface area contributed by atoms with Crippen LogP contribution in [0.2, 0.25) is 0 Å². The van der Waals surface area contributed by atoms with Crippen molar-refractivity contribution >= 4 is 17.5 Å². The number of hydrogen-bond acceptors (Lipinski definition) is 6. The first-order valence-corrected chi connectivity index (χ1v) is 10.9. The molecule has 0 fully saturated rings. The molecule has 0 aromatic heterocycles. The largest absolute Gasteiger partial charge is 0.490 e. The van der Waals surface area contributed by atoms with Gasteiger partial charge in [-0.25, -0.2) is 0 Å². The van der Waals surface area contributed by atoms with Crippen molar-refractivity contribution in [2.75, 3.05) is 20.3 Å². The van der Waals surface area contributed by atoms with Gasteiger partial charge in [0.05, 0.1) is 12.0 Å². The monoisotopic (exact) mass is 457 g/mol. The zero-order chi connectivity index (χ0) is 24.4. The molecule has 2 rings (SSSR count). The molecule has 1 N–H and O–H groups in total. The van der Waals surface area contributed by atoms with Crippen LogP contribution in [0.15, 0.2) is 48.5 Å². The van der Waals surface area contributed by atoms with E-state index in [2.05, 4.69) is 5.32 Å². The van der Waals surface area contributed by atoms with Gasteiger partial charge in [-0.1, -0.05) is 37.3 Å². The molecule has 0 unspecified atom stereocenters. The highest BCUT2D eigenvalue weighted by molar-refractivity contribution is 5.88. The lowest BCUT2D eigenvalue weighted by atomic mass is 10.1. The molecule has 0 bridgehead atoms. The zero-order valence-corrected chi connectivity index (χ0v) is 19.4. The van der Waals surface area contributed by atoms with Crippen molar-refractivity contribution in [1.29, 1.82) is 0 Å². The Morgan fingerprint density at radius 2 is 1.85 bits per heavy atom. The molecule has 0 saturated carbocycles. The second kappa shape index (κ2) is 12.4. The minimum absolute atomic E-state index is 0.0358. The minimum atomic E-state index is -0.640. The van der Waals surface area contributed by atoms with Crippen LogP contribution in [-0.2, 0) is 16.0 Å². The van der Waals surface area contributed by atoms with Gasteiger partial charge < -0.3 is 19.7 Å². The normalized spacial score (nSPS) is 11.5. The van der Waals surface area contributed by atoms with Crippen LogP contribution >= 0.6 is 0 Å². The Morgan fingerprint density at radius 3 is 2.42 bits per heavy atom. The highest BCUT2D eigenvalue weighted by atomic mass is 16.6. The van der Waals surface area contributed by atoms with E-state index >= 15 is 0 Å². The Bertz CT molecular complexity index is 948. The van der Waals surface area contributed by atoms with Gasteiger partial charge in [-0.3, -0.25) is 19.7 Å². The van der Waals surface area contributed by atoms with Gasteiger partial charge in [-0.05, 0) is 38.3 Å². The Labute approximate surface area is 193 Å². The molecule has 2 aromatic rings. The molecule has 9 heteroatoms. The fourth-order valence-electron chi connectivity index (χ4n) is 3.40. The van der Waals surface area contributed by atoms with Crippen LogP contribution < -0.4 is 14.8 Å². The van der Waals surface area contributed by atoms with E-state index in [1.54, 1.807) is 0 Å². The minimum Gasteiger partial charge on any atom is -0.490 e. The number of methoxy groups -OCH3 is 1. The number of amides is 2. The zero-order valence-electron chi connectivity index (χ0n) is 19.4. The van der Waals surface area contributed by atoms with Crippen LogP contribution in [0.3, 0.4) is 0 Å². The van der Waals surface area contributed by atoms with Gasteiger partial charge in [0.1, 0.15) is 11.8 Å². The van der Waals surface area contributed by atoms with Gasteiger partial charge in [0.15, 0.2) is 6.61 Å². The van der Waals surface area contributed by atoms with Crippen molar-refractivity contribution in [3.05, 3.63) is 64.2 Å². The number of carbonyl (C=O) groups is 2. The maximum absolute atomic E-state index is 13.1. The van der Waals surface area contributed by atoms with E-state index in [1.807, 2.05) is 51.1 Å². The topological polar surface area (TPSA) is 111 Å². The second-order valence-corrected chi connectivity index (χ2v) is 7.79. The van der Waals surface area contributed by atoms with Crippen LogP contribution in [0.25, 0.3) is 0 Å². The summed E-state index contributed by atoms with van der Waals surface area (Å²) < 4.78 is 10.7. The van der Waals surface area contributed by atoms with Crippen molar-refractivity contribution in [1.82, 2.24) is 10.2 Å². The maximum atomic E-state index is 13.1. The molecule has 0 aliphatic rings. The number of carbonyl (C=O) groups excluding carboxylic acids is 2. The first kappa shape index (κ1) is 25.6. The van der Waals surface area contributed by atoms with Gasteiger partial charge in [0, 0.05) is 24.7 Å². The molecule has 2 aromatic carbocycles. The van der Waals surface area contributed by atoms with Crippen LogP contribution in [0.4, 0.5) is 5.69 Å². The second-order valence-electron chi connectivity index (χ2n) is 7.79. The number of nitro groups is 1. The number of hydrogen-bond donors (Lipinski definition) is 1. The first-order valence-electron chi connectivity index (χ1n) is 10.9. The number of rotatable bonds is 12. The predicted molar refractivity (Wildman–Crippen MR) is 124 cm³/mol. The van der Waals surface area contributed by atoms with Crippen molar-refractivity contribution in [2.45, 2.75) is 45.7 Å². The predicted octanol–water partition coefficient (Wildman–Crippen LogP) is 3.36. The van der Waals surface area contributed by atoms with E-state index in [4.69, 9.17) is 9.47 Å². The quantitative estimate of drug-likeness (QED) is 0.386. The molecular formula is C24H31N3O6. The van der Waals surface area contributed by atoms with Crippen molar-refractivity contribution < 1.29 is 24.0 Å². The van der Waals surface area contributed by atoms with Crippen LogP contribution in [0, 0.1) is 10.1 Å². The van der Waals surface area contributed by atoms with Crippen LogP contribution in [-0.4, -0.2) is 54.0 Å². The number of nitrogens with zero attached hydrogens (tertiary/aromatic N) is 2. The summed E-state index contributed by atoms with van der Waals surface area (Å²) in [6, 6.07) is 13.0. The summed E-state index contributed by atoms with van der Waals surface area (Å²) in [5.74, 6) is -0.276. The van der Waals surface area contributed by atoms with Gasteiger partial charge in [0.25, 0.3) is 5.91 Å². The Kier molecular flexibility index (Phi) is 9.65. The van der Waals surface area contributed by atoms with Gasteiger partial charge >= 0.3 is 5.69 Å². The third-order valence-electron chi connectivity index (χ3n) is 5.01. The van der Waals surface area contributed by atoms with Gasteiger partial charge in [-0.15, -0.1) is 0 Å². The summed E-state index contributed by atoms with van der Waals surface area (Å²) >= 11 is 0. The van der Waals surface area contributed by atoms with Gasteiger partial charge in [0.2, 0.25) is 11.7 Å². The smallest absolute Gasteiger partial charge is 0.311 e. The molecule has 0 radical (unpaired) electrons. The molecule has 1 atom stereocenters. The van der Waals surface area contributed by atoms with Crippen molar-refractivity contribution in [2.24, 2.45) is 0 Å². The average molecular weight is 458 g/mol. The third kappa shape index (κ3) is 7.48. The fraction of sp³-hybridized carbons (Fsp3) is 0.417. The number of nitrogens with one attached hydrogen (secondary N) is 1. The summed E-state index contributed by atoms with van der Waals surface area (Å²) in [4.78, 5) is 38.0. The highest BCUT2D eigenvalue weighted by Crippen LogP contribution is 2.30. The molecule has 0 aliphatic carbocycles. The van der Waals surface area contributed by atoms with Crippen molar-refractivity contribution in [3.63, 3.8) is 0 Å². The lowest BCUT2D eigenvalue weighted by Crippen LogP contribution is -2.52. The third-order valence-corrected chi connectivity index (χ3v) is 5.01. The lowest BCUT2D eigenvalue weighted by Gasteiger charge is -2.31. The number of ether oxygens (including phenoxy) is 2. The summed E-state index contributed by atoms with van der Waals surface area (Å²) in [7, 11) is 1.32. The highest BCUT2D eigenvalue weighted by Gasteiger charge is 2.29. The molecular weight excluding hydrogens is 426 g/mol. The maximum Gasteiger partial charge on any atom is 0.311 e. The van der Waals surface area contributed by atoms with E-state index in [1.165, 1.54) is 30.2 Å². The standard InChI is InChI=1S/C24H31N3O6/c1-5-20(24(29)25-17(2)3)26(14-13-18-9-7-6-8-10-18)23(28)16-33-19-11-12-21(27(30)31)22(15-19)32-4/h6-12,15,17,20H,5,13-14,16H2,1-4H3,(H,25,29)/t20-/m0/s1. The molecule has 9 nitrogen and oxygen atoms in total. The van der Waals surface area contributed by atoms with E-state index in [-0.39, 0.29) is 41.6 Å². The summed E-state index contributed by atoms with van der Waals surface area (Å²) in [6.45, 7) is 5.62. The Balaban J connectivity index is 2.17.